The summed E-state index contributed by atoms with van der Waals surface area (Å²) in [6.07, 6.45) is 7.98. The van der Waals surface area contributed by atoms with Gasteiger partial charge < -0.3 is 9.64 Å². The van der Waals surface area contributed by atoms with Crippen LogP contribution in [0.4, 0.5) is 5.69 Å². The largest absolute Gasteiger partial charge is 0.465 e. The van der Waals surface area contributed by atoms with Crippen LogP contribution in [0.25, 0.3) is 11.1 Å². The normalized spacial score (nSPS) is 14.9. The number of carbonyl (C=O) groups is 1. The highest BCUT2D eigenvalue weighted by molar-refractivity contribution is 5.98. The van der Waals surface area contributed by atoms with Crippen molar-refractivity contribution in [2.75, 3.05) is 25.1 Å². The number of piperidine rings is 1. The van der Waals surface area contributed by atoms with Crippen LogP contribution in [0, 0.1) is 0 Å². The van der Waals surface area contributed by atoms with Gasteiger partial charge in [0.2, 0.25) is 0 Å². The predicted octanol–water partition coefficient (Wildman–Crippen LogP) is 6.98. The van der Waals surface area contributed by atoms with E-state index in [4.69, 9.17) is 4.74 Å². The van der Waals surface area contributed by atoms with E-state index >= 15 is 0 Å². The van der Waals surface area contributed by atoms with E-state index in [0.717, 1.165) is 31.6 Å². The monoisotopic (exact) mass is 405 g/mol. The average Bonchev–Trinajstić information content (AvgIpc) is 2.78. The summed E-state index contributed by atoms with van der Waals surface area (Å²) in [7, 11) is 1.48. The number of methoxy groups -OCH3 is 1. The second-order valence-electron chi connectivity index (χ2n) is 8.62. The molecule has 1 aliphatic heterocycles. The molecular weight excluding hydrogens is 370 g/mol. The Hall–Kier alpha value is -2.55. The van der Waals surface area contributed by atoms with Crippen LogP contribution < -0.4 is 4.90 Å². The molecule has 3 nitrogen and oxygen atoms in total. The Balaban J connectivity index is 2.10. The zero-order valence-electron chi connectivity index (χ0n) is 18.9. The third kappa shape index (κ3) is 5.33. The first kappa shape index (κ1) is 22.1. The first-order valence-corrected chi connectivity index (χ1v) is 11.2. The third-order valence-electron chi connectivity index (χ3n) is 6.04. The van der Waals surface area contributed by atoms with E-state index in [2.05, 4.69) is 74.2 Å². The lowest BCUT2D eigenvalue weighted by atomic mass is 9.86. The highest BCUT2D eigenvalue weighted by atomic mass is 16.5. The molecule has 2 aromatic carbocycles. The average molecular weight is 406 g/mol. The fraction of sp³-hybridized carbons (Fsp3) is 0.444. The van der Waals surface area contributed by atoms with Crippen molar-refractivity contribution in [1.82, 2.24) is 0 Å². The molecule has 3 heteroatoms. The van der Waals surface area contributed by atoms with Crippen LogP contribution in [0.1, 0.15) is 74.7 Å². The van der Waals surface area contributed by atoms with Crippen LogP contribution in [0.3, 0.4) is 0 Å². The van der Waals surface area contributed by atoms with Crippen molar-refractivity contribution in [3.8, 4) is 11.1 Å². The van der Waals surface area contributed by atoms with Crippen LogP contribution in [0.5, 0.6) is 0 Å². The highest BCUT2D eigenvalue weighted by Crippen LogP contribution is 2.38. The van der Waals surface area contributed by atoms with E-state index in [1.54, 1.807) is 0 Å². The summed E-state index contributed by atoms with van der Waals surface area (Å²) < 4.78 is 5.19. The van der Waals surface area contributed by atoms with Crippen molar-refractivity contribution in [3.05, 3.63) is 65.2 Å². The molecule has 0 spiro atoms. The Labute approximate surface area is 181 Å². The van der Waals surface area contributed by atoms with Crippen LogP contribution in [0.2, 0.25) is 0 Å². The molecule has 0 aliphatic carbocycles. The molecule has 1 atom stereocenters. The van der Waals surface area contributed by atoms with Gasteiger partial charge in [0.25, 0.3) is 0 Å². The molecule has 0 radical (unpaired) electrons. The van der Waals surface area contributed by atoms with Crippen LogP contribution in [0.15, 0.2) is 54.1 Å². The number of rotatable bonds is 7. The predicted molar refractivity (Wildman–Crippen MR) is 126 cm³/mol. The summed E-state index contributed by atoms with van der Waals surface area (Å²) in [5.41, 5.74) is 6.72. The number of nitrogens with zero attached hydrogens (tertiary/aromatic N) is 1. The van der Waals surface area contributed by atoms with Crippen LogP contribution >= 0.6 is 0 Å². The molecule has 3 rings (SSSR count). The molecule has 0 N–H and O–H groups in total. The molecule has 1 heterocycles. The quantitative estimate of drug-likeness (QED) is 0.367. The topological polar surface area (TPSA) is 29.5 Å². The van der Waals surface area contributed by atoms with Gasteiger partial charge in [0.1, 0.15) is 0 Å². The molecule has 1 saturated heterocycles. The number of esters is 1. The first-order valence-electron chi connectivity index (χ1n) is 11.2. The van der Waals surface area contributed by atoms with Gasteiger partial charge in [-0.05, 0) is 80.7 Å². The van der Waals surface area contributed by atoms with Crippen molar-refractivity contribution in [1.29, 1.82) is 0 Å². The summed E-state index contributed by atoms with van der Waals surface area (Å²) in [4.78, 5) is 15.1. The van der Waals surface area contributed by atoms with Gasteiger partial charge in [-0.1, -0.05) is 48.9 Å². The Bertz CT molecular complexity index is 875. The lowest BCUT2D eigenvalue weighted by Gasteiger charge is -2.31. The molecule has 1 fully saturated rings. The van der Waals surface area contributed by atoms with E-state index in [-0.39, 0.29) is 5.97 Å². The van der Waals surface area contributed by atoms with Gasteiger partial charge in [-0.3, -0.25) is 0 Å². The lowest BCUT2D eigenvalue weighted by molar-refractivity contribution is 0.0601. The highest BCUT2D eigenvalue weighted by Gasteiger charge is 2.24. The second kappa shape index (κ2) is 10.5. The molecule has 160 valence electrons. The van der Waals surface area contributed by atoms with Gasteiger partial charge >= 0.3 is 5.97 Å². The van der Waals surface area contributed by atoms with Gasteiger partial charge in [0, 0.05) is 13.1 Å². The van der Waals surface area contributed by atoms with E-state index in [1.807, 2.05) is 0 Å². The molecule has 0 aromatic heterocycles. The number of benzene rings is 2. The maximum absolute atomic E-state index is 12.7. The van der Waals surface area contributed by atoms with Gasteiger partial charge in [-0.25, -0.2) is 4.79 Å². The third-order valence-corrected chi connectivity index (χ3v) is 6.04. The Morgan fingerprint density at radius 3 is 2.43 bits per heavy atom. The SMILES string of the molecule is COC(=O)c1cc([C@@H](C)CCC=C(C)C)c(-c2ccccc2)cc1N1CCCCC1. The second-order valence-corrected chi connectivity index (χ2v) is 8.62. The van der Waals surface area contributed by atoms with Gasteiger partial charge in [0.15, 0.2) is 0 Å². The van der Waals surface area contributed by atoms with Gasteiger partial charge in [0.05, 0.1) is 18.4 Å². The van der Waals surface area contributed by atoms with Crippen LogP contribution in [-0.2, 0) is 4.74 Å². The minimum atomic E-state index is -0.243. The zero-order chi connectivity index (χ0) is 21.5. The molecular formula is C27H35NO2. The number of hydrogen-bond donors (Lipinski definition) is 0. The fourth-order valence-electron chi connectivity index (χ4n) is 4.33. The molecule has 2 aromatic rings. The summed E-state index contributed by atoms with van der Waals surface area (Å²) in [6, 6.07) is 14.9. The number of allylic oxidation sites excluding steroid dienone is 2. The fourth-order valence-corrected chi connectivity index (χ4v) is 4.33. The Kier molecular flexibility index (Phi) is 7.73. The Morgan fingerprint density at radius 1 is 1.10 bits per heavy atom. The molecule has 1 aliphatic rings. The van der Waals surface area contributed by atoms with Crippen molar-refractivity contribution < 1.29 is 9.53 Å². The minimum absolute atomic E-state index is 0.243. The number of carbonyl (C=O) groups excluding carboxylic acids is 1. The number of anilines is 1. The van der Waals surface area contributed by atoms with E-state index < -0.39 is 0 Å². The van der Waals surface area contributed by atoms with Gasteiger partial charge in [-0.2, -0.15) is 0 Å². The summed E-state index contributed by atoms with van der Waals surface area (Å²) in [5.74, 6) is 0.0996. The number of hydrogen-bond acceptors (Lipinski definition) is 3. The maximum Gasteiger partial charge on any atom is 0.339 e. The molecule has 0 amide bonds. The van der Waals surface area contributed by atoms with E-state index in [0.29, 0.717) is 11.5 Å². The minimum Gasteiger partial charge on any atom is -0.465 e. The maximum atomic E-state index is 12.7. The number of ether oxygens (including phenoxy) is 1. The molecule has 0 unspecified atom stereocenters. The summed E-state index contributed by atoms with van der Waals surface area (Å²) in [5, 5.41) is 0. The molecule has 0 bridgehead atoms. The van der Waals surface area contributed by atoms with Crippen molar-refractivity contribution in [2.24, 2.45) is 0 Å². The Morgan fingerprint density at radius 2 is 1.80 bits per heavy atom. The van der Waals surface area contributed by atoms with Crippen LogP contribution in [-0.4, -0.2) is 26.2 Å². The molecule has 0 saturated carbocycles. The van der Waals surface area contributed by atoms with Gasteiger partial charge in [-0.15, -0.1) is 0 Å². The van der Waals surface area contributed by atoms with E-state index in [9.17, 15) is 4.79 Å². The van der Waals surface area contributed by atoms with Crippen molar-refractivity contribution >= 4 is 11.7 Å². The zero-order valence-corrected chi connectivity index (χ0v) is 18.9. The van der Waals surface area contributed by atoms with Crippen molar-refractivity contribution in [3.63, 3.8) is 0 Å². The summed E-state index contributed by atoms with van der Waals surface area (Å²) >= 11 is 0. The first-order chi connectivity index (χ1) is 14.5. The van der Waals surface area contributed by atoms with E-state index in [1.165, 1.54) is 48.6 Å². The standard InChI is InChI=1S/C27H35NO2/c1-20(2)12-11-13-21(3)23-18-25(27(29)30-4)26(28-16-9-6-10-17-28)19-24(23)22-14-7-5-8-15-22/h5,7-8,12,14-15,18-19,21H,6,9-11,13,16-17H2,1-4H3/t21-/m0/s1. The smallest absolute Gasteiger partial charge is 0.339 e. The van der Waals surface area contributed by atoms with Crippen molar-refractivity contribution in [2.45, 2.75) is 58.8 Å². The lowest BCUT2D eigenvalue weighted by Crippen LogP contribution is -2.31. The summed E-state index contributed by atoms with van der Waals surface area (Å²) in [6.45, 7) is 8.54. The molecule has 30 heavy (non-hydrogen) atoms.